The SMILES string of the molecule is CCNC(c1cc(C)c(C)s1)c1ccc(OC)cc1OC. The molecule has 3 nitrogen and oxygen atoms in total. The number of ether oxygens (including phenoxy) is 2. The minimum absolute atomic E-state index is 0.147. The Bertz CT molecular complexity index is 587. The average molecular weight is 305 g/mol. The lowest BCUT2D eigenvalue weighted by atomic mass is 10.0. The van der Waals surface area contributed by atoms with Gasteiger partial charge in [-0.1, -0.05) is 6.92 Å². The maximum Gasteiger partial charge on any atom is 0.127 e. The highest BCUT2D eigenvalue weighted by Gasteiger charge is 2.20. The third kappa shape index (κ3) is 3.39. The van der Waals surface area contributed by atoms with Gasteiger partial charge in [-0.2, -0.15) is 0 Å². The third-order valence-electron chi connectivity index (χ3n) is 3.63. The minimum atomic E-state index is 0.147. The van der Waals surface area contributed by atoms with E-state index >= 15 is 0 Å². The summed E-state index contributed by atoms with van der Waals surface area (Å²) in [6.07, 6.45) is 0. The molecule has 0 spiro atoms. The smallest absolute Gasteiger partial charge is 0.127 e. The number of hydrogen-bond acceptors (Lipinski definition) is 4. The Morgan fingerprint density at radius 2 is 1.90 bits per heavy atom. The summed E-state index contributed by atoms with van der Waals surface area (Å²) in [5.74, 6) is 1.66. The summed E-state index contributed by atoms with van der Waals surface area (Å²) in [5, 5.41) is 3.56. The lowest BCUT2D eigenvalue weighted by Gasteiger charge is -2.20. The van der Waals surface area contributed by atoms with Gasteiger partial charge in [0.05, 0.1) is 20.3 Å². The zero-order chi connectivity index (χ0) is 15.4. The van der Waals surface area contributed by atoms with Crippen LogP contribution < -0.4 is 14.8 Å². The van der Waals surface area contributed by atoms with Gasteiger partial charge in [-0.15, -0.1) is 11.3 Å². The second kappa shape index (κ2) is 6.96. The van der Waals surface area contributed by atoms with Gasteiger partial charge < -0.3 is 14.8 Å². The molecule has 1 heterocycles. The molecule has 114 valence electrons. The number of hydrogen-bond donors (Lipinski definition) is 1. The van der Waals surface area contributed by atoms with Gasteiger partial charge in [0.2, 0.25) is 0 Å². The molecule has 0 aliphatic carbocycles. The predicted molar refractivity (Wildman–Crippen MR) is 88.9 cm³/mol. The fourth-order valence-corrected chi connectivity index (χ4v) is 3.51. The predicted octanol–water partition coefficient (Wildman–Crippen LogP) is 4.08. The van der Waals surface area contributed by atoms with Crippen molar-refractivity contribution in [2.24, 2.45) is 0 Å². The topological polar surface area (TPSA) is 30.5 Å². The van der Waals surface area contributed by atoms with Crippen LogP contribution in [0.1, 0.15) is 33.8 Å². The third-order valence-corrected chi connectivity index (χ3v) is 4.85. The number of benzene rings is 1. The van der Waals surface area contributed by atoms with Crippen LogP contribution in [0.3, 0.4) is 0 Å². The van der Waals surface area contributed by atoms with E-state index in [0.717, 1.165) is 23.6 Å². The van der Waals surface area contributed by atoms with E-state index in [1.165, 1.54) is 15.3 Å². The molecule has 0 aliphatic rings. The molecule has 0 radical (unpaired) electrons. The van der Waals surface area contributed by atoms with Crippen molar-refractivity contribution in [2.45, 2.75) is 26.8 Å². The fourth-order valence-electron chi connectivity index (χ4n) is 2.37. The van der Waals surface area contributed by atoms with Crippen molar-refractivity contribution >= 4 is 11.3 Å². The van der Waals surface area contributed by atoms with Gasteiger partial charge in [0.15, 0.2) is 0 Å². The first-order valence-corrected chi connectivity index (χ1v) is 7.94. The molecular weight excluding hydrogens is 282 g/mol. The number of rotatable bonds is 6. The Hall–Kier alpha value is -1.52. The lowest BCUT2D eigenvalue weighted by Crippen LogP contribution is -2.21. The van der Waals surface area contributed by atoms with Crippen LogP contribution in [-0.4, -0.2) is 20.8 Å². The quantitative estimate of drug-likeness (QED) is 0.872. The highest BCUT2D eigenvalue weighted by atomic mass is 32.1. The summed E-state index contributed by atoms with van der Waals surface area (Å²) in [5.41, 5.74) is 2.48. The zero-order valence-corrected chi connectivity index (χ0v) is 14.1. The van der Waals surface area contributed by atoms with Gasteiger partial charge in [0.25, 0.3) is 0 Å². The van der Waals surface area contributed by atoms with Crippen LogP contribution in [0.5, 0.6) is 11.5 Å². The first kappa shape index (κ1) is 15.9. The Balaban J connectivity index is 2.47. The monoisotopic (exact) mass is 305 g/mol. The largest absolute Gasteiger partial charge is 0.497 e. The Kier molecular flexibility index (Phi) is 5.26. The zero-order valence-electron chi connectivity index (χ0n) is 13.3. The summed E-state index contributed by atoms with van der Waals surface area (Å²) in [4.78, 5) is 2.68. The highest BCUT2D eigenvalue weighted by Crippen LogP contribution is 2.36. The maximum atomic E-state index is 5.56. The lowest BCUT2D eigenvalue weighted by molar-refractivity contribution is 0.388. The van der Waals surface area contributed by atoms with Crippen molar-refractivity contribution in [3.05, 3.63) is 45.1 Å². The second-order valence-corrected chi connectivity index (χ2v) is 6.27. The van der Waals surface area contributed by atoms with E-state index in [0.29, 0.717) is 0 Å². The molecule has 1 aromatic heterocycles. The number of methoxy groups -OCH3 is 2. The van der Waals surface area contributed by atoms with Crippen molar-refractivity contribution < 1.29 is 9.47 Å². The number of aryl methyl sites for hydroxylation is 2. The maximum absolute atomic E-state index is 5.56. The van der Waals surface area contributed by atoms with Crippen LogP contribution in [0.2, 0.25) is 0 Å². The van der Waals surface area contributed by atoms with Crippen molar-refractivity contribution in [1.82, 2.24) is 5.32 Å². The average Bonchev–Trinajstić information content (AvgIpc) is 2.83. The molecule has 1 aromatic carbocycles. The molecule has 0 bridgehead atoms. The molecule has 4 heteroatoms. The van der Waals surface area contributed by atoms with E-state index < -0.39 is 0 Å². The molecular formula is C17H23NO2S. The highest BCUT2D eigenvalue weighted by molar-refractivity contribution is 7.12. The van der Waals surface area contributed by atoms with E-state index in [1.54, 1.807) is 14.2 Å². The van der Waals surface area contributed by atoms with Gasteiger partial charge >= 0.3 is 0 Å². The summed E-state index contributed by atoms with van der Waals surface area (Å²) in [6, 6.07) is 8.41. The molecule has 0 saturated carbocycles. The van der Waals surface area contributed by atoms with Crippen LogP contribution in [0.15, 0.2) is 24.3 Å². The molecule has 1 N–H and O–H groups in total. The molecule has 0 aliphatic heterocycles. The van der Waals surface area contributed by atoms with Crippen molar-refractivity contribution in [3.63, 3.8) is 0 Å². The van der Waals surface area contributed by atoms with E-state index in [1.807, 2.05) is 23.5 Å². The molecule has 1 unspecified atom stereocenters. The summed E-state index contributed by atoms with van der Waals surface area (Å²) in [7, 11) is 3.37. The Morgan fingerprint density at radius 3 is 2.43 bits per heavy atom. The van der Waals surface area contributed by atoms with Crippen LogP contribution in [0, 0.1) is 13.8 Å². The molecule has 0 saturated heterocycles. The normalized spacial score (nSPS) is 12.2. The Morgan fingerprint density at radius 1 is 1.14 bits per heavy atom. The van der Waals surface area contributed by atoms with Gasteiger partial charge in [0.1, 0.15) is 11.5 Å². The first-order chi connectivity index (χ1) is 10.1. The standard InChI is InChI=1S/C17H23NO2S/c1-6-18-17(16-9-11(2)12(3)21-16)14-8-7-13(19-4)10-15(14)20-5/h7-10,17-18H,6H2,1-5H3. The molecule has 2 aromatic rings. The second-order valence-electron chi connectivity index (χ2n) is 4.99. The number of thiophene rings is 1. The molecule has 0 fully saturated rings. The van der Waals surface area contributed by atoms with E-state index in [4.69, 9.17) is 9.47 Å². The van der Waals surface area contributed by atoms with Crippen molar-refractivity contribution in [3.8, 4) is 11.5 Å². The molecule has 2 rings (SSSR count). The van der Waals surface area contributed by atoms with Crippen LogP contribution in [-0.2, 0) is 0 Å². The van der Waals surface area contributed by atoms with Crippen LogP contribution >= 0.6 is 11.3 Å². The van der Waals surface area contributed by atoms with Crippen LogP contribution in [0.4, 0.5) is 0 Å². The molecule has 21 heavy (non-hydrogen) atoms. The van der Waals surface area contributed by atoms with Gasteiger partial charge in [0, 0.05) is 21.4 Å². The minimum Gasteiger partial charge on any atom is -0.497 e. The summed E-state index contributed by atoms with van der Waals surface area (Å²) < 4.78 is 10.8. The van der Waals surface area contributed by atoms with E-state index in [2.05, 4.69) is 38.2 Å². The van der Waals surface area contributed by atoms with E-state index in [9.17, 15) is 0 Å². The van der Waals surface area contributed by atoms with Crippen molar-refractivity contribution in [2.75, 3.05) is 20.8 Å². The number of nitrogens with one attached hydrogen (secondary N) is 1. The summed E-state index contributed by atoms with van der Waals surface area (Å²) >= 11 is 1.84. The fraction of sp³-hybridized carbons (Fsp3) is 0.412. The van der Waals surface area contributed by atoms with Crippen molar-refractivity contribution in [1.29, 1.82) is 0 Å². The molecule has 1 atom stereocenters. The van der Waals surface area contributed by atoms with Gasteiger partial charge in [-0.3, -0.25) is 0 Å². The molecule has 0 amide bonds. The van der Waals surface area contributed by atoms with Crippen LogP contribution in [0.25, 0.3) is 0 Å². The first-order valence-electron chi connectivity index (χ1n) is 7.13. The van der Waals surface area contributed by atoms with E-state index in [-0.39, 0.29) is 6.04 Å². The summed E-state index contributed by atoms with van der Waals surface area (Å²) in [6.45, 7) is 7.34. The van der Waals surface area contributed by atoms with Gasteiger partial charge in [-0.25, -0.2) is 0 Å². The van der Waals surface area contributed by atoms with Gasteiger partial charge in [-0.05, 0) is 44.2 Å². The Labute approximate surface area is 130 Å².